The number of carbonyl (C=O) groups excluding carboxylic acids is 1. The fraction of sp³-hybridized carbons (Fsp3) is 0.133. The van der Waals surface area contributed by atoms with Crippen molar-refractivity contribution in [1.29, 1.82) is 0 Å². The summed E-state index contributed by atoms with van der Waals surface area (Å²) >= 11 is 0. The Labute approximate surface area is 106 Å². The molecule has 1 amide bonds. The predicted molar refractivity (Wildman–Crippen MR) is 71.2 cm³/mol. The molecular formula is C15H15NO2. The molecule has 0 aromatic heterocycles. The fourth-order valence-corrected chi connectivity index (χ4v) is 1.67. The van der Waals surface area contributed by atoms with Crippen molar-refractivity contribution in [2.45, 2.75) is 13.0 Å². The Balaban J connectivity index is 2.35. The zero-order valence-corrected chi connectivity index (χ0v) is 10.2. The van der Waals surface area contributed by atoms with Gasteiger partial charge in [-0.05, 0) is 18.6 Å². The van der Waals surface area contributed by atoms with Crippen LogP contribution in [0.15, 0.2) is 54.6 Å². The van der Waals surface area contributed by atoms with Crippen molar-refractivity contribution in [2.24, 2.45) is 5.73 Å². The second kappa shape index (κ2) is 5.36. The lowest BCUT2D eigenvalue weighted by molar-refractivity contribution is -0.123. The molecule has 0 spiro atoms. The number of hydrogen-bond donors (Lipinski definition) is 1. The third kappa shape index (κ3) is 2.69. The highest BCUT2D eigenvalue weighted by Gasteiger charge is 2.13. The molecule has 0 unspecified atom stereocenters. The van der Waals surface area contributed by atoms with Gasteiger partial charge in [0.25, 0.3) is 5.91 Å². The molecular weight excluding hydrogens is 226 g/mol. The van der Waals surface area contributed by atoms with E-state index in [0.717, 1.165) is 11.1 Å². The number of ether oxygens (including phenoxy) is 1. The number of hydrogen-bond acceptors (Lipinski definition) is 2. The van der Waals surface area contributed by atoms with Gasteiger partial charge >= 0.3 is 0 Å². The highest BCUT2D eigenvalue weighted by molar-refractivity contribution is 5.79. The lowest BCUT2D eigenvalue weighted by atomic mass is 10.0. The van der Waals surface area contributed by atoms with Crippen molar-refractivity contribution in [3.8, 4) is 16.9 Å². The van der Waals surface area contributed by atoms with Gasteiger partial charge < -0.3 is 10.5 Å². The summed E-state index contributed by atoms with van der Waals surface area (Å²) in [6.07, 6.45) is -0.644. The summed E-state index contributed by atoms with van der Waals surface area (Å²) < 4.78 is 5.59. The van der Waals surface area contributed by atoms with Gasteiger partial charge in [0, 0.05) is 5.56 Å². The second-order valence-electron chi connectivity index (χ2n) is 4.02. The molecule has 0 aliphatic carbocycles. The first-order valence-electron chi connectivity index (χ1n) is 5.79. The molecule has 0 heterocycles. The van der Waals surface area contributed by atoms with E-state index >= 15 is 0 Å². The molecule has 92 valence electrons. The molecule has 3 nitrogen and oxygen atoms in total. The summed E-state index contributed by atoms with van der Waals surface area (Å²) in [5, 5.41) is 0. The maximum atomic E-state index is 11.0. The van der Waals surface area contributed by atoms with Gasteiger partial charge in [0.05, 0.1) is 0 Å². The molecule has 2 aromatic carbocycles. The number of amides is 1. The first-order valence-corrected chi connectivity index (χ1v) is 5.79. The molecule has 0 saturated carbocycles. The molecule has 3 heteroatoms. The monoisotopic (exact) mass is 241 g/mol. The summed E-state index contributed by atoms with van der Waals surface area (Å²) in [6.45, 7) is 1.64. The van der Waals surface area contributed by atoms with Gasteiger partial charge in [-0.15, -0.1) is 0 Å². The van der Waals surface area contributed by atoms with Crippen molar-refractivity contribution in [3.63, 3.8) is 0 Å². The maximum Gasteiger partial charge on any atom is 0.258 e. The second-order valence-corrected chi connectivity index (χ2v) is 4.02. The van der Waals surface area contributed by atoms with Crippen LogP contribution >= 0.6 is 0 Å². The van der Waals surface area contributed by atoms with Crippen molar-refractivity contribution in [1.82, 2.24) is 0 Å². The molecule has 0 aliphatic heterocycles. The molecule has 18 heavy (non-hydrogen) atoms. The minimum atomic E-state index is -0.644. The summed E-state index contributed by atoms with van der Waals surface area (Å²) in [5.74, 6) is 0.188. The Hall–Kier alpha value is -2.29. The predicted octanol–water partition coefficient (Wildman–Crippen LogP) is 2.61. The number of para-hydroxylation sites is 1. The Morgan fingerprint density at radius 2 is 1.67 bits per heavy atom. The Bertz CT molecular complexity index is 537. The van der Waals surface area contributed by atoms with Crippen LogP contribution < -0.4 is 10.5 Å². The van der Waals surface area contributed by atoms with Crippen LogP contribution in [0.4, 0.5) is 0 Å². The number of nitrogens with two attached hydrogens (primary N) is 1. The smallest absolute Gasteiger partial charge is 0.258 e. The Morgan fingerprint density at radius 1 is 1.06 bits per heavy atom. The van der Waals surface area contributed by atoms with Gasteiger partial charge in [0.1, 0.15) is 5.75 Å². The van der Waals surface area contributed by atoms with Crippen molar-refractivity contribution >= 4 is 5.91 Å². The van der Waals surface area contributed by atoms with Gasteiger partial charge in [-0.1, -0.05) is 48.5 Å². The minimum Gasteiger partial charge on any atom is -0.480 e. The largest absolute Gasteiger partial charge is 0.480 e. The topological polar surface area (TPSA) is 52.3 Å². The Morgan fingerprint density at radius 3 is 2.33 bits per heavy atom. The third-order valence-corrected chi connectivity index (χ3v) is 2.68. The number of benzene rings is 2. The van der Waals surface area contributed by atoms with Crippen LogP contribution in [0.5, 0.6) is 5.75 Å². The van der Waals surface area contributed by atoms with E-state index in [1.54, 1.807) is 6.92 Å². The van der Waals surface area contributed by atoms with Crippen LogP contribution in [0.3, 0.4) is 0 Å². The van der Waals surface area contributed by atoms with E-state index in [2.05, 4.69) is 0 Å². The number of primary amides is 1. The molecule has 2 aromatic rings. The molecule has 2 N–H and O–H groups in total. The van der Waals surface area contributed by atoms with Gasteiger partial charge in [-0.25, -0.2) is 0 Å². The maximum absolute atomic E-state index is 11.0. The van der Waals surface area contributed by atoms with Crippen LogP contribution in [0.1, 0.15) is 6.92 Å². The summed E-state index contributed by atoms with van der Waals surface area (Å²) in [6, 6.07) is 17.5. The van der Waals surface area contributed by atoms with E-state index in [0.29, 0.717) is 5.75 Å². The van der Waals surface area contributed by atoms with E-state index in [9.17, 15) is 4.79 Å². The third-order valence-electron chi connectivity index (χ3n) is 2.68. The molecule has 0 fully saturated rings. The van der Waals surface area contributed by atoms with Gasteiger partial charge in [-0.2, -0.15) is 0 Å². The van der Waals surface area contributed by atoms with Crippen LogP contribution in [-0.4, -0.2) is 12.0 Å². The van der Waals surface area contributed by atoms with E-state index in [-0.39, 0.29) is 0 Å². The quantitative estimate of drug-likeness (QED) is 0.894. The minimum absolute atomic E-state index is 0.474. The lowest BCUT2D eigenvalue weighted by Crippen LogP contribution is -2.30. The van der Waals surface area contributed by atoms with E-state index in [4.69, 9.17) is 10.5 Å². The van der Waals surface area contributed by atoms with Gasteiger partial charge in [0.15, 0.2) is 6.10 Å². The van der Waals surface area contributed by atoms with Crippen molar-refractivity contribution < 1.29 is 9.53 Å². The Kier molecular flexibility index (Phi) is 3.63. The lowest BCUT2D eigenvalue weighted by Gasteiger charge is -2.15. The van der Waals surface area contributed by atoms with Crippen LogP contribution in [0, 0.1) is 0 Å². The molecule has 0 radical (unpaired) electrons. The fourth-order valence-electron chi connectivity index (χ4n) is 1.67. The highest BCUT2D eigenvalue weighted by atomic mass is 16.5. The van der Waals surface area contributed by atoms with Gasteiger partial charge in [0.2, 0.25) is 0 Å². The zero-order chi connectivity index (χ0) is 13.0. The molecule has 2 rings (SSSR count). The molecule has 0 saturated heterocycles. The summed E-state index contributed by atoms with van der Waals surface area (Å²) in [5.41, 5.74) is 7.20. The molecule has 1 atom stereocenters. The van der Waals surface area contributed by atoms with Crippen LogP contribution in [0.25, 0.3) is 11.1 Å². The average molecular weight is 241 g/mol. The zero-order valence-electron chi connectivity index (χ0n) is 10.2. The van der Waals surface area contributed by atoms with E-state index in [1.165, 1.54) is 0 Å². The van der Waals surface area contributed by atoms with Crippen LogP contribution in [0.2, 0.25) is 0 Å². The molecule has 0 aliphatic rings. The number of carbonyl (C=O) groups is 1. The summed E-state index contributed by atoms with van der Waals surface area (Å²) in [4.78, 5) is 11.0. The standard InChI is InChI=1S/C15H15NO2/c1-11(15(16)17)18-14-10-6-5-9-13(14)12-7-3-2-4-8-12/h2-11H,1H3,(H2,16,17)/t11-/m0/s1. The number of rotatable bonds is 4. The average Bonchev–Trinajstić information content (AvgIpc) is 2.40. The van der Waals surface area contributed by atoms with E-state index in [1.807, 2.05) is 54.6 Å². The normalized spacial score (nSPS) is 11.8. The van der Waals surface area contributed by atoms with Crippen molar-refractivity contribution in [3.05, 3.63) is 54.6 Å². The SMILES string of the molecule is C[C@H](Oc1ccccc1-c1ccccc1)C(N)=O. The first-order chi connectivity index (χ1) is 8.68. The van der Waals surface area contributed by atoms with E-state index < -0.39 is 12.0 Å². The van der Waals surface area contributed by atoms with Gasteiger partial charge in [-0.3, -0.25) is 4.79 Å². The first kappa shape index (κ1) is 12.2. The summed E-state index contributed by atoms with van der Waals surface area (Å²) in [7, 11) is 0. The molecule has 0 bridgehead atoms. The highest BCUT2D eigenvalue weighted by Crippen LogP contribution is 2.30. The van der Waals surface area contributed by atoms with Crippen LogP contribution in [-0.2, 0) is 4.79 Å². The van der Waals surface area contributed by atoms with Crippen molar-refractivity contribution in [2.75, 3.05) is 0 Å².